The zero-order chi connectivity index (χ0) is 9.02. The van der Waals surface area contributed by atoms with Crippen LogP contribution in [0.1, 0.15) is 13.8 Å². The van der Waals surface area contributed by atoms with Gasteiger partial charge in [0.25, 0.3) is 0 Å². The molecule has 0 heterocycles. The van der Waals surface area contributed by atoms with Gasteiger partial charge in [-0.05, 0) is 13.8 Å². The van der Waals surface area contributed by atoms with Gasteiger partial charge in [0.1, 0.15) is 6.04 Å². The molecule has 0 radical (unpaired) electrons. The number of carbonyl (C=O) groups is 1. The molecule has 0 amide bonds. The fourth-order valence-corrected chi connectivity index (χ4v) is 0.583. The highest BCUT2D eigenvalue weighted by molar-refractivity contribution is 7.80. The van der Waals surface area contributed by atoms with Crippen molar-refractivity contribution in [3.63, 3.8) is 0 Å². The van der Waals surface area contributed by atoms with Gasteiger partial charge in [0, 0.05) is 0 Å². The van der Waals surface area contributed by atoms with E-state index in [1.165, 1.54) is 6.92 Å². The van der Waals surface area contributed by atoms with Crippen LogP contribution in [0.3, 0.4) is 0 Å². The van der Waals surface area contributed by atoms with Gasteiger partial charge in [0.05, 0.1) is 11.0 Å². The maximum absolute atomic E-state index is 10.3. The van der Waals surface area contributed by atoms with E-state index in [0.29, 0.717) is 4.99 Å². The van der Waals surface area contributed by atoms with Crippen LogP contribution in [-0.4, -0.2) is 28.1 Å². The lowest BCUT2D eigenvalue weighted by molar-refractivity contribution is -0.138. The number of nitrogens with one attached hydrogen (secondary N) is 1. The summed E-state index contributed by atoms with van der Waals surface area (Å²) in [6.07, 6.45) is 0. The van der Waals surface area contributed by atoms with E-state index >= 15 is 0 Å². The standard InChI is InChI=1S/C6H12N2O2S/c1-3(7)5(11)8-4(2)6(9)10/h3-4H,7H2,1-2H3,(H,8,11)(H,9,10)/t3-,4-/m0/s1. The van der Waals surface area contributed by atoms with Crippen molar-refractivity contribution >= 4 is 23.2 Å². The van der Waals surface area contributed by atoms with Crippen LogP contribution in [-0.2, 0) is 4.79 Å². The lowest BCUT2D eigenvalue weighted by Gasteiger charge is -2.13. The SMILES string of the molecule is C[C@H](N)C(=S)N[C@@H](C)C(=O)O. The quantitative estimate of drug-likeness (QED) is 0.516. The molecule has 4 nitrogen and oxygen atoms in total. The molecule has 0 spiro atoms. The predicted molar refractivity (Wildman–Crippen MR) is 46.5 cm³/mol. The molecule has 0 unspecified atom stereocenters. The molecule has 0 aromatic rings. The van der Waals surface area contributed by atoms with Crippen LogP contribution in [0.15, 0.2) is 0 Å². The molecule has 0 bridgehead atoms. The average molecular weight is 176 g/mol. The predicted octanol–water partition coefficient (Wildman–Crippen LogP) is -0.276. The second kappa shape index (κ2) is 4.25. The van der Waals surface area contributed by atoms with Gasteiger partial charge in [0.15, 0.2) is 0 Å². The lowest BCUT2D eigenvalue weighted by atomic mass is 10.3. The summed E-state index contributed by atoms with van der Waals surface area (Å²) in [6.45, 7) is 3.21. The van der Waals surface area contributed by atoms with Crippen LogP contribution in [0.5, 0.6) is 0 Å². The van der Waals surface area contributed by atoms with Gasteiger partial charge in [0.2, 0.25) is 0 Å². The fourth-order valence-electron chi connectivity index (χ4n) is 0.407. The highest BCUT2D eigenvalue weighted by Crippen LogP contribution is 1.85. The molecule has 0 aromatic carbocycles. The second-order valence-electron chi connectivity index (χ2n) is 2.36. The first-order valence-electron chi connectivity index (χ1n) is 3.24. The Labute approximate surface area is 70.8 Å². The first-order valence-corrected chi connectivity index (χ1v) is 3.64. The summed E-state index contributed by atoms with van der Waals surface area (Å²) >= 11 is 4.77. The van der Waals surface area contributed by atoms with Crippen molar-refractivity contribution < 1.29 is 9.90 Å². The Kier molecular flexibility index (Phi) is 3.99. The van der Waals surface area contributed by atoms with E-state index in [4.69, 9.17) is 23.1 Å². The number of thiocarbonyl (C=S) groups is 1. The molecule has 5 heteroatoms. The minimum Gasteiger partial charge on any atom is -0.480 e. The molecule has 0 aromatic heterocycles. The first kappa shape index (κ1) is 10.3. The van der Waals surface area contributed by atoms with Crippen molar-refractivity contribution in [2.45, 2.75) is 25.9 Å². The van der Waals surface area contributed by atoms with Crippen LogP contribution in [0, 0.1) is 0 Å². The fraction of sp³-hybridized carbons (Fsp3) is 0.667. The van der Waals surface area contributed by atoms with E-state index in [1.807, 2.05) is 0 Å². The van der Waals surface area contributed by atoms with Crippen LogP contribution in [0.2, 0.25) is 0 Å². The summed E-state index contributed by atoms with van der Waals surface area (Å²) in [4.78, 5) is 10.7. The maximum Gasteiger partial charge on any atom is 0.325 e. The number of rotatable bonds is 3. The number of hydrogen-bond acceptors (Lipinski definition) is 3. The number of carboxylic acid groups (broad SMARTS) is 1. The number of carboxylic acids is 1. The molecule has 0 fully saturated rings. The Morgan fingerprint density at radius 3 is 2.36 bits per heavy atom. The van der Waals surface area contributed by atoms with Gasteiger partial charge in [-0.3, -0.25) is 4.79 Å². The van der Waals surface area contributed by atoms with Crippen LogP contribution in [0.4, 0.5) is 0 Å². The number of aliphatic carboxylic acids is 1. The molecule has 64 valence electrons. The molecule has 4 N–H and O–H groups in total. The van der Waals surface area contributed by atoms with Crippen molar-refractivity contribution in [2.75, 3.05) is 0 Å². The van der Waals surface area contributed by atoms with Crippen molar-refractivity contribution in [3.05, 3.63) is 0 Å². The van der Waals surface area contributed by atoms with E-state index in [-0.39, 0.29) is 6.04 Å². The largest absolute Gasteiger partial charge is 0.480 e. The first-order chi connectivity index (χ1) is 4.95. The third-order valence-corrected chi connectivity index (χ3v) is 1.63. The third kappa shape index (κ3) is 3.90. The van der Waals surface area contributed by atoms with E-state index in [9.17, 15) is 4.79 Å². The molecule has 0 aliphatic heterocycles. The summed E-state index contributed by atoms with van der Waals surface area (Å²) in [7, 11) is 0. The molecule has 2 atom stereocenters. The average Bonchev–Trinajstić information content (AvgIpc) is 1.87. The van der Waals surface area contributed by atoms with Gasteiger partial charge in [-0.1, -0.05) is 12.2 Å². The molecule has 0 saturated heterocycles. The van der Waals surface area contributed by atoms with Crippen molar-refractivity contribution in [3.8, 4) is 0 Å². The summed E-state index contributed by atoms with van der Waals surface area (Å²) in [5.74, 6) is -0.937. The minimum atomic E-state index is -0.937. The Hall–Kier alpha value is -0.680. The van der Waals surface area contributed by atoms with Crippen molar-refractivity contribution in [2.24, 2.45) is 5.73 Å². The van der Waals surface area contributed by atoms with E-state index in [0.717, 1.165) is 0 Å². The van der Waals surface area contributed by atoms with Crippen LogP contribution < -0.4 is 11.1 Å². The summed E-state index contributed by atoms with van der Waals surface area (Å²) in [6, 6.07) is -0.972. The van der Waals surface area contributed by atoms with E-state index in [2.05, 4.69) is 5.32 Å². The van der Waals surface area contributed by atoms with Crippen molar-refractivity contribution in [1.82, 2.24) is 5.32 Å². The van der Waals surface area contributed by atoms with Gasteiger partial charge >= 0.3 is 5.97 Å². The summed E-state index contributed by atoms with van der Waals surface area (Å²) in [5.41, 5.74) is 5.39. The highest BCUT2D eigenvalue weighted by Gasteiger charge is 2.12. The Balaban J connectivity index is 3.85. The lowest BCUT2D eigenvalue weighted by Crippen LogP contribution is -2.44. The van der Waals surface area contributed by atoms with E-state index < -0.39 is 12.0 Å². The molecular weight excluding hydrogens is 164 g/mol. The molecule has 0 saturated carbocycles. The zero-order valence-electron chi connectivity index (χ0n) is 6.50. The normalized spacial score (nSPS) is 15.2. The van der Waals surface area contributed by atoms with Crippen LogP contribution >= 0.6 is 12.2 Å². The van der Waals surface area contributed by atoms with Crippen molar-refractivity contribution in [1.29, 1.82) is 0 Å². The topological polar surface area (TPSA) is 75.3 Å². The molecule has 0 aliphatic rings. The molecule has 0 rings (SSSR count). The highest BCUT2D eigenvalue weighted by atomic mass is 32.1. The van der Waals surface area contributed by atoms with Gasteiger partial charge in [-0.25, -0.2) is 0 Å². The number of nitrogens with two attached hydrogens (primary N) is 1. The van der Waals surface area contributed by atoms with Crippen LogP contribution in [0.25, 0.3) is 0 Å². The third-order valence-electron chi connectivity index (χ3n) is 1.14. The molecule has 0 aliphatic carbocycles. The zero-order valence-corrected chi connectivity index (χ0v) is 7.31. The Morgan fingerprint density at radius 1 is 1.64 bits per heavy atom. The summed E-state index contributed by atoms with van der Waals surface area (Å²) < 4.78 is 0. The smallest absolute Gasteiger partial charge is 0.325 e. The van der Waals surface area contributed by atoms with Gasteiger partial charge < -0.3 is 16.2 Å². The Bertz CT molecular complexity index is 170. The molecule has 11 heavy (non-hydrogen) atoms. The number of hydrogen-bond donors (Lipinski definition) is 3. The second-order valence-corrected chi connectivity index (χ2v) is 2.80. The maximum atomic E-state index is 10.3. The van der Waals surface area contributed by atoms with Gasteiger partial charge in [-0.15, -0.1) is 0 Å². The minimum absolute atomic E-state index is 0.299. The summed E-state index contributed by atoms with van der Waals surface area (Å²) in [5, 5.41) is 11.0. The van der Waals surface area contributed by atoms with Gasteiger partial charge in [-0.2, -0.15) is 0 Å². The Morgan fingerprint density at radius 2 is 2.09 bits per heavy atom. The monoisotopic (exact) mass is 176 g/mol. The molecular formula is C6H12N2O2S. The van der Waals surface area contributed by atoms with E-state index in [1.54, 1.807) is 6.92 Å².